The van der Waals surface area contributed by atoms with E-state index in [1.165, 1.54) is 12.1 Å². The van der Waals surface area contributed by atoms with Crippen molar-refractivity contribution in [2.75, 3.05) is 30.4 Å². The van der Waals surface area contributed by atoms with Gasteiger partial charge in [-0.2, -0.15) is 10.2 Å². The molecule has 1 amide bonds. The number of ether oxygens (including phenoxy) is 1. The molecular formula is C29H27FN8O2. The second-order valence-corrected chi connectivity index (χ2v) is 10.5. The third-order valence-corrected chi connectivity index (χ3v) is 7.16. The first-order valence-corrected chi connectivity index (χ1v) is 13.0. The van der Waals surface area contributed by atoms with Crippen LogP contribution in [0.3, 0.4) is 0 Å². The lowest BCUT2D eigenvalue weighted by molar-refractivity contribution is 0.0112. The summed E-state index contributed by atoms with van der Waals surface area (Å²) >= 11 is 0. The molecule has 0 saturated carbocycles. The zero-order chi connectivity index (χ0) is 28.0. The van der Waals surface area contributed by atoms with Gasteiger partial charge in [0.05, 0.1) is 36.1 Å². The number of rotatable bonds is 5. The highest BCUT2D eigenvalue weighted by atomic mass is 19.1. The van der Waals surface area contributed by atoms with Gasteiger partial charge in [-0.25, -0.2) is 19.4 Å². The highest BCUT2D eigenvalue weighted by Crippen LogP contribution is 2.39. The van der Waals surface area contributed by atoms with Crippen molar-refractivity contribution >= 4 is 17.4 Å². The van der Waals surface area contributed by atoms with Gasteiger partial charge < -0.3 is 19.9 Å². The Bertz CT molecular complexity index is 1740. The van der Waals surface area contributed by atoms with Gasteiger partial charge in [0.2, 0.25) is 5.62 Å². The van der Waals surface area contributed by atoms with Gasteiger partial charge in [0, 0.05) is 30.4 Å². The maximum Gasteiger partial charge on any atom is 0.274 e. The molecule has 2 N–H and O–H groups in total. The predicted molar refractivity (Wildman–Crippen MR) is 146 cm³/mol. The zero-order valence-corrected chi connectivity index (χ0v) is 22.3. The van der Waals surface area contributed by atoms with E-state index in [2.05, 4.69) is 36.2 Å². The minimum Gasteiger partial charge on any atom is -0.377 e. The van der Waals surface area contributed by atoms with E-state index in [0.717, 1.165) is 28.3 Å². The summed E-state index contributed by atoms with van der Waals surface area (Å²) in [5.41, 5.74) is 3.26. The van der Waals surface area contributed by atoms with Crippen LogP contribution in [0.15, 0.2) is 47.6 Å². The summed E-state index contributed by atoms with van der Waals surface area (Å²) in [7, 11) is 0. The molecule has 5 heterocycles. The number of carbonyl (C=O) groups excluding carboxylic acids is 1. The normalized spacial score (nSPS) is 15.3. The topological polar surface area (TPSA) is 130 Å². The summed E-state index contributed by atoms with van der Waals surface area (Å²) in [5.74, 6) is 0.485. The summed E-state index contributed by atoms with van der Waals surface area (Å²) in [6, 6.07) is 12.2. The SMILES string of the molecule is Cc1cc(F)c(NC(=O)c2cccc(C(C)(C)C#N)n2)cc1-c1cc2cnc(=NC3COC3)nc-2n2c1NCC2. The first kappa shape index (κ1) is 25.6. The van der Waals surface area contributed by atoms with Crippen LogP contribution in [0.5, 0.6) is 0 Å². The minimum atomic E-state index is -0.871. The third-order valence-electron chi connectivity index (χ3n) is 7.16. The Kier molecular flexibility index (Phi) is 6.27. The van der Waals surface area contributed by atoms with Gasteiger partial charge in [0.1, 0.15) is 29.2 Å². The van der Waals surface area contributed by atoms with Gasteiger partial charge in [-0.1, -0.05) is 6.07 Å². The Morgan fingerprint density at radius 1 is 1.25 bits per heavy atom. The molecule has 40 heavy (non-hydrogen) atoms. The summed E-state index contributed by atoms with van der Waals surface area (Å²) in [4.78, 5) is 31.1. The second kappa shape index (κ2) is 9.81. The second-order valence-electron chi connectivity index (χ2n) is 10.5. The molecule has 11 heteroatoms. The van der Waals surface area contributed by atoms with Crippen LogP contribution in [-0.4, -0.2) is 51.2 Å². The summed E-state index contributed by atoms with van der Waals surface area (Å²) in [5, 5.41) is 15.5. The van der Waals surface area contributed by atoms with E-state index < -0.39 is 17.1 Å². The van der Waals surface area contributed by atoms with Crippen LogP contribution in [0.4, 0.5) is 15.9 Å². The number of fused-ring (bicyclic) bond motifs is 3. The van der Waals surface area contributed by atoms with E-state index in [4.69, 9.17) is 9.72 Å². The molecule has 10 nitrogen and oxygen atoms in total. The van der Waals surface area contributed by atoms with E-state index in [9.17, 15) is 10.1 Å². The first-order chi connectivity index (χ1) is 19.2. The van der Waals surface area contributed by atoms with Gasteiger partial charge >= 0.3 is 0 Å². The molecule has 0 bridgehead atoms. The highest BCUT2D eigenvalue weighted by Gasteiger charge is 2.26. The van der Waals surface area contributed by atoms with Crippen molar-refractivity contribution in [1.29, 1.82) is 5.26 Å². The molecule has 0 spiro atoms. The molecule has 4 aliphatic heterocycles. The van der Waals surface area contributed by atoms with Crippen molar-refractivity contribution in [3.8, 4) is 28.6 Å². The number of hydrogen-bond acceptors (Lipinski definition) is 8. The molecule has 6 rings (SSSR count). The minimum absolute atomic E-state index is 0.0299. The van der Waals surface area contributed by atoms with E-state index in [-0.39, 0.29) is 17.4 Å². The van der Waals surface area contributed by atoms with Crippen molar-refractivity contribution in [3.63, 3.8) is 0 Å². The smallest absolute Gasteiger partial charge is 0.274 e. The van der Waals surface area contributed by atoms with Crippen LogP contribution in [0.25, 0.3) is 22.5 Å². The van der Waals surface area contributed by atoms with Crippen LogP contribution in [0.2, 0.25) is 0 Å². The molecule has 0 aliphatic carbocycles. The number of pyridine rings is 2. The highest BCUT2D eigenvalue weighted by molar-refractivity contribution is 6.03. The fraction of sp³-hybridized carbons (Fsp3) is 0.310. The lowest BCUT2D eigenvalue weighted by Crippen LogP contribution is -2.34. The molecule has 1 aromatic carbocycles. The Morgan fingerprint density at radius 2 is 2.08 bits per heavy atom. The van der Waals surface area contributed by atoms with E-state index in [1.54, 1.807) is 38.2 Å². The summed E-state index contributed by atoms with van der Waals surface area (Å²) in [6.45, 7) is 7.85. The number of aromatic nitrogens is 4. The van der Waals surface area contributed by atoms with Crippen LogP contribution in [-0.2, 0) is 16.7 Å². The maximum atomic E-state index is 15.1. The number of nitriles is 1. The Hall–Kier alpha value is -4.69. The molecular weight excluding hydrogens is 511 g/mol. The number of benzene rings is 1. The van der Waals surface area contributed by atoms with Crippen molar-refractivity contribution in [1.82, 2.24) is 19.5 Å². The quantitative estimate of drug-likeness (QED) is 0.397. The van der Waals surface area contributed by atoms with E-state index >= 15 is 4.39 Å². The van der Waals surface area contributed by atoms with Crippen molar-refractivity contribution < 1.29 is 13.9 Å². The maximum absolute atomic E-state index is 15.1. The standard InChI is InChI=1S/C29H27FN8O2/c1-16-9-21(30)23(36-27(39)22-5-4-6-24(35-22)29(2,3)15-31)11-19(16)20-10-17-12-33-28(34-18-13-40-14-18)37-25(17)38-8-7-32-26(20)38/h4-6,9-12,18,32H,7-8,13-14H2,1-3H3,(H,36,39). The number of hydrogen-bond donors (Lipinski definition) is 2. The third kappa shape index (κ3) is 4.56. The Balaban J connectivity index is 1.38. The largest absolute Gasteiger partial charge is 0.377 e. The van der Waals surface area contributed by atoms with Gasteiger partial charge in [0.25, 0.3) is 5.91 Å². The number of halogens is 1. The van der Waals surface area contributed by atoms with Crippen molar-refractivity contribution in [2.45, 2.75) is 38.8 Å². The zero-order valence-electron chi connectivity index (χ0n) is 22.3. The number of carbonyl (C=O) groups is 1. The van der Waals surface area contributed by atoms with Gasteiger partial charge in [-0.3, -0.25) is 4.79 Å². The number of amides is 1. The molecule has 1 fully saturated rings. The number of nitrogens with one attached hydrogen (secondary N) is 2. The number of nitrogens with zero attached hydrogens (tertiary/aromatic N) is 6. The van der Waals surface area contributed by atoms with E-state index in [1.807, 2.05) is 13.0 Å². The Labute approximate surface area is 230 Å². The van der Waals surface area contributed by atoms with Crippen LogP contribution in [0.1, 0.15) is 35.6 Å². The fourth-order valence-electron chi connectivity index (χ4n) is 4.80. The first-order valence-electron chi connectivity index (χ1n) is 13.0. The van der Waals surface area contributed by atoms with Gasteiger partial charge in [-0.05, 0) is 62.2 Å². The lowest BCUT2D eigenvalue weighted by Gasteiger charge is -2.21. The number of aryl methyl sites for hydroxylation is 1. The van der Waals surface area contributed by atoms with Crippen LogP contribution in [0, 0.1) is 24.1 Å². The van der Waals surface area contributed by atoms with Crippen molar-refractivity contribution in [3.05, 3.63) is 71.0 Å². The molecule has 202 valence electrons. The Morgan fingerprint density at radius 3 is 2.83 bits per heavy atom. The molecule has 4 aliphatic rings. The van der Waals surface area contributed by atoms with Gasteiger partial charge in [-0.15, -0.1) is 0 Å². The molecule has 0 atom stereocenters. The monoisotopic (exact) mass is 538 g/mol. The summed E-state index contributed by atoms with van der Waals surface area (Å²) < 4.78 is 22.4. The van der Waals surface area contributed by atoms with Crippen LogP contribution >= 0.6 is 0 Å². The number of anilines is 2. The molecule has 2 aromatic rings. The molecule has 0 unspecified atom stereocenters. The van der Waals surface area contributed by atoms with E-state index in [0.29, 0.717) is 43.2 Å². The predicted octanol–water partition coefficient (Wildman–Crippen LogP) is 3.67. The molecule has 1 aromatic heterocycles. The average Bonchev–Trinajstić information content (AvgIpc) is 3.42. The average molecular weight is 539 g/mol. The molecule has 0 radical (unpaired) electrons. The summed E-state index contributed by atoms with van der Waals surface area (Å²) in [6.07, 6.45) is 1.75. The molecule has 1 saturated heterocycles. The van der Waals surface area contributed by atoms with Gasteiger partial charge in [0.15, 0.2) is 0 Å². The lowest BCUT2D eigenvalue weighted by atomic mass is 9.91. The fourth-order valence-corrected chi connectivity index (χ4v) is 4.80. The van der Waals surface area contributed by atoms with Crippen LogP contribution < -0.4 is 16.3 Å². The van der Waals surface area contributed by atoms with Crippen molar-refractivity contribution in [2.24, 2.45) is 4.99 Å².